The maximum absolute atomic E-state index is 12.3. The van der Waals surface area contributed by atoms with Crippen LogP contribution in [-0.4, -0.2) is 5.91 Å². The Balaban J connectivity index is 1.78. The fourth-order valence-corrected chi connectivity index (χ4v) is 3.80. The summed E-state index contributed by atoms with van der Waals surface area (Å²) in [6.45, 7) is 1.95. The smallest absolute Gasteiger partial charge is 0.265 e. The van der Waals surface area contributed by atoms with E-state index in [1.165, 1.54) is 23.3 Å². The Labute approximate surface area is 127 Å². The summed E-state index contributed by atoms with van der Waals surface area (Å²) < 4.78 is 0. The van der Waals surface area contributed by atoms with Crippen LogP contribution in [0.4, 0.5) is 5.69 Å². The van der Waals surface area contributed by atoms with Gasteiger partial charge in [-0.25, -0.2) is 0 Å². The first kappa shape index (κ1) is 13.7. The molecule has 2 aromatic rings. The Kier molecular flexibility index (Phi) is 3.81. The molecule has 1 aliphatic carbocycles. The van der Waals surface area contributed by atoms with Crippen LogP contribution in [0.1, 0.15) is 38.5 Å². The minimum atomic E-state index is -0.0377. The Morgan fingerprint density at radius 2 is 2.05 bits per heavy atom. The molecule has 0 atom stereocenters. The fourth-order valence-electron chi connectivity index (χ4n) is 2.47. The predicted molar refractivity (Wildman–Crippen MR) is 85.1 cm³/mol. The molecule has 0 unspecified atom stereocenters. The van der Waals surface area contributed by atoms with Crippen molar-refractivity contribution in [3.05, 3.63) is 50.2 Å². The normalized spacial score (nSPS) is 13.9. The quantitative estimate of drug-likeness (QED) is 0.845. The van der Waals surface area contributed by atoms with Crippen LogP contribution in [0.15, 0.2) is 24.3 Å². The van der Waals surface area contributed by atoms with Crippen LogP contribution in [-0.2, 0) is 12.8 Å². The number of anilines is 1. The van der Waals surface area contributed by atoms with Gasteiger partial charge in [0.1, 0.15) is 0 Å². The van der Waals surface area contributed by atoms with Crippen molar-refractivity contribution in [3.8, 4) is 0 Å². The van der Waals surface area contributed by atoms with Crippen molar-refractivity contribution in [2.24, 2.45) is 0 Å². The molecule has 0 saturated carbocycles. The number of amides is 1. The summed E-state index contributed by atoms with van der Waals surface area (Å²) in [7, 11) is 0. The lowest BCUT2D eigenvalue weighted by atomic mass is 9.99. The van der Waals surface area contributed by atoms with Crippen LogP contribution < -0.4 is 5.32 Å². The van der Waals surface area contributed by atoms with Gasteiger partial charge in [-0.1, -0.05) is 17.7 Å². The summed E-state index contributed by atoms with van der Waals surface area (Å²) >= 11 is 7.70. The number of hydrogen-bond acceptors (Lipinski definition) is 2. The van der Waals surface area contributed by atoms with Crippen molar-refractivity contribution in [1.82, 2.24) is 0 Å². The highest BCUT2D eigenvalue weighted by atomic mass is 35.5. The largest absolute Gasteiger partial charge is 0.321 e. The first-order valence-electron chi connectivity index (χ1n) is 6.82. The third-order valence-corrected chi connectivity index (χ3v) is 5.29. The molecule has 0 aliphatic heterocycles. The molecule has 0 bridgehead atoms. The minimum absolute atomic E-state index is 0.0377. The summed E-state index contributed by atoms with van der Waals surface area (Å²) in [5.74, 6) is -0.0377. The van der Waals surface area contributed by atoms with Crippen LogP contribution in [0.2, 0.25) is 5.02 Å². The van der Waals surface area contributed by atoms with Gasteiger partial charge in [-0.05, 0) is 61.9 Å². The van der Waals surface area contributed by atoms with E-state index in [0.717, 1.165) is 29.0 Å². The Hall–Kier alpha value is -1.32. The summed E-state index contributed by atoms with van der Waals surface area (Å²) in [6.07, 6.45) is 4.69. The molecule has 1 amide bonds. The number of aryl methyl sites for hydroxylation is 3. The minimum Gasteiger partial charge on any atom is -0.321 e. The molecule has 0 spiro atoms. The highest BCUT2D eigenvalue weighted by Crippen LogP contribution is 2.30. The summed E-state index contributed by atoms with van der Waals surface area (Å²) in [5, 5.41) is 3.60. The van der Waals surface area contributed by atoms with Gasteiger partial charge in [0.15, 0.2) is 0 Å². The fraction of sp³-hybridized carbons (Fsp3) is 0.312. The topological polar surface area (TPSA) is 29.1 Å². The van der Waals surface area contributed by atoms with E-state index in [4.69, 9.17) is 11.6 Å². The molecule has 20 heavy (non-hydrogen) atoms. The SMILES string of the molecule is Cc1ccc(NC(=O)c2cc3c(s2)CCCC3)cc1Cl. The van der Waals surface area contributed by atoms with Gasteiger partial charge in [-0.3, -0.25) is 4.79 Å². The molecule has 4 heteroatoms. The highest BCUT2D eigenvalue weighted by molar-refractivity contribution is 7.14. The zero-order chi connectivity index (χ0) is 14.1. The van der Waals surface area contributed by atoms with Gasteiger partial charge in [0, 0.05) is 15.6 Å². The standard InChI is InChI=1S/C16H16ClNOS/c1-10-6-7-12(9-13(10)17)18-16(19)15-8-11-4-2-3-5-14(11)20-15/h6-9H,2-5H2,1H3,(H,18,19). The number of benzene rings is 1. The second-order valence-electron chi connectivity index (χ2n) is 5.18. The van der Waals surface area contributed by atoms with E-state index < -0.39 is 0 Å². The number of hydrogen-bond donors (Lipinski definition) is 1. The molecule has 0 saturated heterocycles. The Morgan fingerprint density at radius 1 is 1.25 bits per heavy atom. The molecule has 104 valence electrons. The van der Waals surface area contributed by atoms with Crippen LogP contribution in [0.3, 0.4) is 0 Å². The molecule has 0 fully saturated rings. The molecular weight excluding hydrogens is 290 g/mol. The summed E-state index contributed by atoms with van der Waals surface area (Å²) in [4.78, 5) is 14.5. The van der Waals surface area contributed by atoms with Crippen molar-refractivity contribution >= 4 is 34.5 Å². The second kappa shape index (κ2) is 5.58. The lowest BCUT2D eigenvalue weighted by molar-refractivity contribution is 0.103. The average molecular weight is 306 g/mol. The van der Waals surface area contributed by atoms with E-state index in [1.807, 2.05) is 25.1 Å². The van der Waals surface area contributed by atoms with E-state index in [9.17, 15) is 4.79 Å². The molecule has 1 N–H and O–H groups in total. The van der Waals surface area contributed by atoms with E-state index in [2.05, 4.69) is 5.32 Å². The Morgan fingerprint density at radius 3 is 2.80 bits per heavy atom. The zero-order valence-corrected chi connectivity index (χ0v) is 12.9. The van der Waals surface area contributed by atoms with Crippen molar-refractivity contribution < 1.29 is 4.79 Å². The molecule has 1 aliphatic rings. The van der Waals surface area contributed by atoms with Crippen LogP contribution >= 0.6 is 22.9 Å². The molecule has 3 rings (SSSR count). The number of carbonyl (C=O) groups is 1. The van der Waals surface area contributed by atoms with Crippen molar-refractivity contribution in [2.75, 3.05) is 5.32 Å². The lowest BCUT2D eigenvalue weighted by Crippen LogP contribution is -2.10. The van der Waals surface area contributed by atoms with Gasteiger partial charge in [0.05, 0.1) is 4.88 Å². The van der Waals surface area contributed by atoms with E-state index in [-0.39, 0.29) is 5.91 Å². The average Bonchev–Trinajstić information content (AvgIpc) is 2.87. The Bertz CT molecular complexity index is 639. The van der Waals surface area contributed by atoms with Crippen LogP contribution in [0, 0.1) is 6.92 Å². The third-order valence-electron chi connectivity index (χ3n) is 3.65. The predicted octanol–water partition coefficient (Wildman–Crippen LogP) is 4.84. The van der Waals surface area contributed by atoms with Gasteiger partial charge in [0.2, 0.25) is 0 Å². The number of rotatable bonds is 2. The summed E-state index contributed by atoms with van der Waals surface area (Å²) in [6, 6.07) is 7.64. The van der Waals surface area contributed by atoms with Crippen molar-refractivity contribution in [1.29, 1.82) is 0 Å². The van der Waals surface area contributed by atoms with Crippen molar-refractivity contribution in [3.63, 3.8) is 0 Å². The lowest BCUT2D eigenvalue weighted by Gasteiger charge is -2.08. The number of fused-ring (bicyclic) bond motifs is 1. The highest BCUT2D eigenvalue weighted by Gasteiger charge is 2.17. The summed E-state index contributed by atoms with van der Waals surface area (Å²) in [5.41, 5.74) is 3.11. The van der Waals surface area contributed by atoms with Gasteiger partial charge in [-0.2, -0.15) is 0 Å². The van der Waals surface area contributed by atoms with E-state index in [1.54, 1.807) is 17.4 Å². The van der Waals surface area contributed by atoms with Crippen LogP contribution in [0.5, 0.6) is 0 Å². The molecule has 2 nitrogen and oxygen atoms in total. The van der Waals surface area contributed by atoms with Gasteiger partial charge >= 0.3 is 0 Å². The third kappa shape index (κ3) is 2.74. The molecular formula is C16H16ClNOS. The molecule has 0 radical (unpaired) electrons. The number of thiophene rings is 1. The van der Waals surface area contributed by atoms with Gasteiger partial charge in [0.25, 0.3) is 5.91 Å². The first-order chi connectivity index (χ1) is 9.63. The second-order valence-corrected chi connectivity index (χ2v) is 6.73. The zero-order valence-electron chi connectivity index (χ0n) is 11.3. The molecule has 1 aromatic carbocycles. The van der Waals surface area contributed by atoms with E-state index >= 15 is 0 Å². The van der Waals surface area contributed by atoms with Gasteiger partial charge in [-0.15, -0.1) is 11.3 Å². The number of carbonyl (C=O) groups excluding carboxylic acids is 1. The van der Waals surface area contributed by atoms with Crippen molar-refractivity contribution in [2.45, 2.75) is 32.6 Å². The maximum Gasteiger partial charge on any atom is 0.265 e. The molecule has 1 aromatic heterocycles. The van der Waals surface area contributed by atoms with Gasteiger partial charge < -0.3 is 5.32 Å². The monoisotopic (exact) mass is 305 g/mol. The van der Waals surface area contributed by atoms with Crippen LogP contribution in [0.25, 0.3) is 0 Å². The number of halogens is 1. The maximum atomic E-state index is 12.3. The first-order valence-corrected chi connectivity index (χ1v) is 8.02. The molecule has 1 heterocycles. The number of nitrogens with one attached hydrogen (secondary N) is 1. The van der Waals surface area contributed by atoms with E-state index in [0.29, 0.717) is 5.02 Å².